The minimum atomic E-state index is -0.802. The maximum atomic E-state index is 12.8. The molecule has 0 bridgehead atoms. The van der Waals surface area contributed by atoms with E-state index in [0.717, 1.165) is 122 Å². The standard InChI is InChI=1S/C63H104O6/c1-4-7-10-13-16-19-22-25-27-29-30-31-32-34-35-38-41-44-47-50-53-56-62(65)68-59-60(58-67-61(64)55-52-49-46-43-40-37-24-21-18-15-12-9-6-3)69-63(66)57-54-51-48-45-42-39-36-33-28-26-23-20-17-14-11-8-5-2/h7-8,10-11,16-17,19-20,25-28,30-31,34-35,41,44,60H,4-6,9,12-15,18,21-24,29,32-33,36-40,42-43,45-59H2,1-3H3/b10-7-,11-8-,19-16-,20-17-,27-25-,28-26-,31-30-,35-34-,44-41-. The lowest BCUT2D eigenvalue weighted by molar-refractivity contribution is -0.167. The van der Waals surface area contributed by atoms with Gasteiger partial charge in [-0.15, -0.1) is 0 Å². The molecular formula is C63H104O6. The van der Waals surface area contributed by atoms with Crippen molar-refractivity contribution >= 4 is 17.9 Å². The van der Waals surface area contributed by atoms with Gasteiger partial charge in [-0.05, 0) is 103 Å². The summed E-state index contributed by atoms with van der Waals surface area (Å²) in [6.07, 6.45) is 76.5. The molecular weight excluding hydrogens is 853 g/mol. The molecule has 0 aromatic carbocycles. The van der Waals surface area contributed by atoms with E-state index in [1.165, 1.54) is 89.9 Å². The summed E-state index contributed by atoms with van der Waals surface area (Å²) < 4.78 is 16.8. The van der Waals surface area contributed by atoms with Crippen molar-refractivity contribution < 1.29 is 28.6 Å². The average molecular weight is 958 g/mol. The number of carbonyl (C=O) groups is 3. The molecule has 0 amide bonds. The van der Waals surface area contributed by atoms with Gasteiger partial charge in [0.05, 0.1) is 0 Å². The number of ether oxygens (including phenoxy) is 3. The van der Waals surface area contributed by atoms with E-state index in [4.69, 9.17) is 14.2 Å². The van der Waals surface area contributed by atoms with Crippen LogP contribution in [0.3, 0.4) is 0 Å². The number of hydrogen-bond donors (Lipinski definition) is 0. The van der Waals surface area contributed by atoms with E-state index >= 15 is 0 Å². The molecule has 0 N–H and O–H groups in total. The summed E-state index contributed by atoms with van der Waals surface area (Å²) in [5, 5.41) is 0. The zero-order valence-corrected chi connectivity index (χ0v) is 44.8. The zero-order chi connectivity index (χ0) is 50.0. The highest BCUT2D eigenvalue weighted by atomic mass is 16.6. The second kappa shape index (κ2) is 56.7. The van der Waals surface area contributed by atoms with E-state index in [0.29, 0.717) is 19.3 Å². The lowest BCUT2D eigenvalue weighted by Gasteiger charge is -2.18. The Balaban J connectivity index is 4.47. The second-order valence-corrected chi connectivity index (χ2v) is 18.4. The molecule has 6 nitrogen and oxygen atoms in total. The van der Waals surface area contributed by atoms with Gasteiger partial charge in [0.2, 0.25) is 0 Å². The van der Waals surface area contributed by atoms with Crippen molar-refractivity contribution in [3.63, 3.8) is 0 Å². The van der Waals surface area contributed by atoms with Crippen LogP contribution in [-0.4, -0.2) is 37.2 Å². The fourth-order valence-electron chi connectivity index (χ4n) is 7.58. The smallest absolute Gasteiger partial charge is 0.306 e. The molecule has 0 aliphatic heterocycles. The molecule has 0 spiro atoms. The summed E-state index contributed by atoms with van der Waals surface area (Å²) in [7, 11) is 0. The number of unbranched alkanes of at least 4 members (excludes halogenated alkanes) is 21. The van der Waals surface area contributed by atoms with Gasteiger partial charge in [-0.25, -0.2) is 0 Å². The Morgan fingerprint density at radius 3 is 0.913 bits per heavy atom. The third kappa shape index (κ3) is 54.9. The summed E-state index contributed by atoms with van der Waals surface area (Å²) in [4.78, 5) is 38.1. The van der Waals surface area contributed by atoms with E-state index in [1.807, 2.05) is 0 Å². The van der Waals surface area contributed by atoms with Crippen LogP contribution in [-0.2, 0) is 28.6 Å². The van der Waals surface area contributed by atoms with Crippen LogP contribution in [0.15, 0.2) is 109 Å². The predicted molar refractivity (Wildman–Crippen MR) is 297 cm³/mol. The van der Waals surface area contributed by atoms with Crippen LogP contribution in [0.2, 0.25) is 0 Å². The third-order valence-corrected chi connectivity index (χ3v) is 11.8. The molecule has 0 fully saturated rings. The molecule has 0 saturated carbocycles. The number of rotatable bonds is 50. The van der Waals surface area contributed by atoms with E-state index < -0.39 is 6.10 Å². The Morgan fingerprint density at radius 2 is 0.565 bits per heavy atom. The molecule has 0 aliphatic rings. The largest absolute Gasteiger partial charge is 0.462 e. The van der Waals surface area contributed by atoms with E-state index in [2.05, 4.69) is 130 Å². The van der Waals surface area contributed by atoms with Gasteiger partial charge in [0, 0.05) is 19.3 Å². The molecule has 0 aromatic heterocycles. The van der Waals surface area contributed by atoms with Crippen LogP contribution < -0.4 is 0 Å². The molecule has 392 valence electrons. The molecule has 0 aliphatic carbocycles. The van der Waals surface area contributed by atoms with E-state index in [-0.39, 0.29) is 31.1 Å². The summed E-state index contributed by atoms with van der Waals surface area (Å²) >= 11 is 0. The van der Waals surface area contributed by atoms with Crippen molar-refractivity contribution in [1.82, 2.24) is 0 Å². The number of carbonyl (C=O) groups excluding carboxylic acids is 3. The monoisotopic (exact) mass is 957 g/mol. The average Bonchev–Trinajstić information content (AvgIpc) is 3.35. The molecule has 0 rings (SSSR count). The molecule has 0 heterocycles. The van der Waals surface area contributed by atoms with Gasteiger partial charge < -0.3 is 14.2 Å². The topological polar surface area (TPSA) is 78.9 Å². The van der Waals surface area contributed by atoms with Crippen LogP contribution in [0, 0.1) is 0 Å². The fourth-order valence-corrected chi connectivity index (χ4v) is 7.58. The normalized spacial score (nSPS) is 12.9. The maximum absolute atomic E-state index is 12.8. The van der Waals surface area contributed by atoms with Gasteiger partial charge in [0.25, 0.3) is 0 Å². The molecule has 6 heteroatoms. The van der Waals surface area contributed by atoms with Crippen molar-refractivity contribution in [2.45, 2.75) is 258 Å². The van der Waals surface area contributed by atoms with Crippen molar-refractivity contribution in [2.24, 2.45) is 0 Å². The van der Waals surface area contributed by atoms with Crippen molar-refractivity contribution in [2.75, 3.05) is 13.2 Å². The summed E-state index contributed by atoms with van der Waals surface area (Å²) in [6, 6.07) is 0. The molecule has 0 saturated heterocycles. The Kier molecular flexibility index (Phi) is 53.4. The van der Waals surface area contributed by atoms with E-state index in [9.17, 15) is 14.4 Å². The molecule has 0 radical (unpaired) electrons. The first kappa shape index (κ1) is 65.1. The first-order chi connectivity index (χ1) is 34.0. The zero-order valence-electron chi connectivity index (χ0n) is 44.8. The van der Waals surface area contributed by atoms with Crippen LogP contribution in [0.5, 0.6) is 0 Å². The lowest BCUT2D eigenvalue weighted by Crippen LogP contribution is -2.30. The molecule has 1 unspecified atom stereocenters. The summed E-state index contributed by atoms with van der Waals surface area (Å²) in [6.45, 7) is 6.37. The van der Waals surface area contributed by atoms with Crippen molar-refractivity contribution in [3.8, 4) is 0 Å². The van der Waals surface area contributed by atoms with Crippen LogP contribution >= 0.6 is 0 Å². The van der Waals surface area contributed by atoms with Crippen LogP contribution in [0.25, 0.3) is 0 Å². The SMILES string of the molecule is CC/C=C\C/C=C\C/C=C\C/C=C\C/C=C\C/C=C\CCCCC(=O)OCC(COC(=O)CCCCCCCCCCCCCCC)OC(=O)CCCCCCCCC/C=C\C/C=C\C/C=C\CC. The Labute approximate surface area is 425 Å². The van der Waals surface area contributed by atoms with Crippen molar-refractivity contribution in [3.05, 3.63) is 109 Å². The molecule has 1 atom stereocenters. The predicted octanol–water partition coefficient (Wildman–Crippen LogP) is 19.1. The molecule has 0 aromatic rings. The minimum Gasteiger partial charge on any atom is -0.462 e. The van der Waals surface area contributed by atoms with Gasteiger partial charge in [-0.3, -0.25) is 14.4 Å². The van der Waals surface area contributed by atoms with E-state index in [1.54, 1.807) is 0 Å². The van der Waals surface area contributed by atoms with Crippen molar-refractivity contribution in [1.29, 1.82) is 0 Å². The van der Waals surface area contributed by atoms with Gasteiger partial charge >= 0.3 is 17.9 Å². The molecule has 69 heavy (non-hydrogen) atoms. The van der Waals surface area contributed by atoms with Gasteiger partial charge in [0.15, 0.2) is 6.10 Å². The van der Waals surface area contributed by atoms with Gasteiger partial charge in [0.1, 0.15) is 13.2 Å². The number of hydrogen-bond acceptors (Lipinski definition) is 6. The minimum absolute atomic E-state index is 0.0957. The lowest BCUT2D eigenvalue weighted by atomic mass is 10.0. The van der Waals surface area contributed by atoms with Gasteiger partial charge in [-0.2, -0.15) is 0 Å². The first-order valence-electron chi connectivity index (χ1n) is 28.4. The highest BCUT2D eigenvalue weighted by Gasteiger charge is 2.19. The second-order valence-electron chi connectivity index (χ2n) is 18.4. The Morgan fingerprint density at radius 1 is 0.304 bits per heavy atom. The number of esters is 3. The van der Waals surface area contributed by atoms with Crippen LogP contribution in [0.4, 0.5) is 0 Å². The quantitative estimate of drug-likeness (QED) is 0.0262. The third-order valence-electron chi connectivity index (χ3n) is 11.8. The fraction of sp³-hybridized carbons (Fsp3) is 0.667. The highest BCUT2D eigenvalue weighted by Crippen LogP contribution is 2.15. The van der Waals surface area contributed by atoms with Gasteiger partial charge in [-0.1, -0.05) is 239 Å². The first-order valence-corrected chi connectivity index (χ1v) is 28.4. The maximum Gasteiger partial charge on any atom is 0.306 e. The van der Waals surface area contributed by atoms with Crippen LogP contribution in [0.1, 0.15) is 252 Å². The Hall–Kier alpha value is -3.93. The highest BCUT2D eigenvalue weighted by molar-refractivity contribution is 5.71. The Bertz CT molecular complexity index is 1420. The summed E-state index contributed by atoms with van der Waals surface area (Å²) in [5.41, 5.74) is 0. The number of allylic oxidation sites excluding steroid dienone is 18. The summed E-state index contributed by atoms with van der Waals surface area (Å²) in [5.74, 6) is -0.950.